The fraction of sp³-hybridized carbons (Fsp3) is 1.00. The van der Waals surface area contributed by atoms with Crippen molar-refractivity contribution in [3.05, 3.63) is 0 Å². The van der Waals surface area contributed by atoms with Crippen LogP contribution in [0.15, 0.2) is 0 Å². The zero-order chi connectivity index (χ0) is 15.6. The molecule has 0 N–H and O–H groups in total. The molecular formula is C17H32N2O2S. The monoisotopic (exact) mass is 328 g/mol. The molecule has 0 aromatic rings. The van der Waals surface area contributed by atoms with E-state index >= 15 is 0 Å². The number of hydrogen-bond acceptors (Lipinski definition) is 2. The summed E-state index contributed by atoms with van der Waals surface area (Å²) >= 11 is 0. The standard InChI is InChI=1S/C17H32N2O2S/c1-18(16-11-4-2-3-5-12-16)22(20,21)19-14-8-10-15-9-6-7-13-17(15)19/h15-17H,2-14H2,1H3/t15-,17+/m0/s1. The molecule has 2 atom stereocenters. The lowest BCUT2D eigenvalue weighted by Gasteiger charge is -2.45. The Bertz CT molecular complexity index is 455. The Morgan fingerprint density at radius 1 is 0.818 bits per heavy atom. The number of nitrogens with zero attached hydrogens (tertiary/aromatic N) is 2. The van der Waals surface area contributed by atoms with Crippen molar-refractivity contribution in [2.75, 3.05) is 13.6 Å². The lowest BCUT2D eigenvalue weighted by Crippen LogP contribution is -2.55. The van der Waals surface area contributed by atoms with E-state index in [2.05, 4.69) is 0 Å². The molecule has 5 heteroatoms. The highest BCUT2D eigenvalue weighted by Gasteiger charge is 2.42. The van der Waals surface area contributed by atoms with Crippen LogP contribution in [0.5, 0.6) is 0 Å². The summed E-state index contributed by atoms with van der Waals surface area (Å²) in [5.41, 5.74) is 0. The van der Waals surface area contributed by atoms with E-state index in [1.54, 1.807) is 4.31 Å². The fourth-order valence-corrected chi connectivity index (χ4v) is 6.74. The maximum Gasteiger partial charge on any atom is 0.282 e. The molecule has 0 amide bonds. The van der Waals surface area contributed by atoms with Crippen molar-refractivity contribution in [3.63, 3.8) is 0 Å². The average molecular weight is 329 g/mol. The van der Waals surface area contributed by atoms with E-state index < -0.39 is 10.2 Å². The van der Waals surface area contributed by atoms with Gasteiger partial charge >= 0.3 is 0 Å². The Balaban J connectivity index is 1.75. The van der Waals surface area contributed by atoms with Crippen molar-refractivity contribution in [1.29, 1.82) is 0 Å². The predicted molar refractivity (Wildman–Crippen MR) is 89.9 cm³/mol. The summed E-state index contributed by atoms with van der Waals surface area (Å²) in [6.45, 7) is 0.737. The molecule has 3 aliphatic rings. The molecule has 4 nitrogen and oxygen atoms in total. The summed E-state index contributed by atoms with van der Waals surface area (Å²) in [6.07, 6.45) is 14.0. The van der Waals surface area contributed by atoms with E-state index in [1.165, 1.54) is 51.4 Å². The second-order valence-electron chi connectivity index (χ2n) is 7.53. The third-order valence-electron chi connectivity index (χ3n) is 6.19. The highest BCUT2D eigenvalue weighted by Crippen LogP contribution is 2.37. The minimum absolute atomic E-state index is 0.219. The number of fused-ring (bicyclic) bond motifs is 1. The number of rotatable bonds is 3. The zero-order valence-electron chi connectivity index (χ0n) is 14.0. The zero-order valence-corrected chi connectivity index (χ0v) is 14.9. The van der Waals surface area contributed by atoms with Gasteiger partial charge in [0.25, 0.3) is 10.2 Å². The van der Waals surface area contributed by atoms with Crippen LogP contribution in [-0.2, 0) is 10.2 Å². The molecule has 22 heavy (non-hydrogen) atoms. The quantitative estimate of drug-likeness (QED) is 0.744. The Morgan fingerprint density at radius 3 is 2.14 bits per heavy atom. The largest absolute Gasteiger partial charge is 0.282 e. The van der Waals surface area contributed by atoms with E-state index in [1.807, 2.05) is 11.4 Å². The predicted octanol–water partition coefficient (Wildman–Crippen LogP) is 3.54. The molecule has 1 aliphatic heterocycles. The maximum atomic E-state index is 13.2. The van der Waals surface area contributed by atoms with Gasteiger partial charge in [-0.1, -0.05) is 38.5 Å². The Morgan fingerprint density at radius 2 is 1.41 bits per heavy atom. The fourth-order valence-electron chi connectivity index (χ4n) is 4.84. The molecule has 2 aliphatic carbocycles. The molecule has 1 saturated heterocycles. The highest BCUT2D eigenvalue weighted by atomic mass is 32.2. The molecule has 0 aromatic carbocycles. The molecule has 2 saturated carbocycles. The molecule has 0 aromatic heterocycles. The van der Waals surface area contributed by atoms with Gasteiger partial charge in [0.15, 0.2) is 0 Å². The van der Waals surface area contributed by atoms with Gasteiger partial charge in [-0.25, -0.2) is 0 Å². The first kappa shape index (κ1) is 16.7. The molecule has 0 spiro atoms. The SMILES string of the molecule is CN(C1CCCCCC1)S(=O)(=O)N1CCC[C@@H]2CCCC[C@H]21. The Hall–Kier alpha value is -0.130. The lowest BCUT2D eigenvalue weighted by atomic mass is 9.79. The molecule has 1 heterocycles. The first-order valence-electron chi connectivity index (χ1n) is 9.35. The summed E-state index contributed by atoms with van der Waals surface area (Å²) in [4.78, 5) is 0. The van der Waals surface area contributed by atoms with Crippen LogP contribution < -0.4 is 0 Å². The molecule has 0 radical (unpaired) electrons. The number of hydrogen-bond donors (Lipinski definition) is 0. The van der Waals surface area contributed by atoms with Gasteiger partial charge in [0.05, 0.1) is 0 Å². The second-order valence-corrected chi connectivity index (χ2v) is 9.47. The van der Waals surface area contributed by atoms with Crippen molar-refractivity contribution >= 4 is 10.2 Å². The van der Waals surface area contributed by atoms with Crippen molar-refractivity contribution in [3.8, 4) is 0 Å². The van der Waals surface area contributed by atoms with Gasteiger partial charge in [0, 0.05) is 25.7 Å². The smallest absolute Gasteiger partial charge is 0.195 e. The number of piperidine rings is 1. The van der Waals surface area contributed by atoms with Gasteiger partial charge in [-0.3, -0.25) is 0 Å². The van der Waals surface area contributed by atoms with E-state index in [-0.39, 0.29) is 12.1 Å². The van der Waals surface area contributed by atoms with Gasteiger partial charge in [0.1, 0.15) is 0 Å². The highest BCUT2D eigenvalue weighted by molar-refractivity contribution is 7.86. The van der Waals surface area contributed by atoms with Crippen LogP contribution in [-0.4, -0.2) is 42.7 Å². The third kappa shape index (κ3) is 3.36. The van der Waals surface area contributed by atoms with Crippen LogP contribution in [0.2, 0.25) is 0 Å². The van der Waals surface area contributed by atoms with Gasteiger partial charge < -0.3 is 0 Å². The first-order chi connectivity index (χ1) is 10.6. The van der Waals surface area contributed by atoms with Crippen molar-refractivity contribution in [1.82, 2.24) is 8.61 Å². The Labute approximate surface area is 136 Å². The summed E-state index contributed by atoms with van der Waals surface area (Å²) < 4.78 is 30.0. The molecule has 3 rings (SSSR count). The Kier molecular flexibility index (Phi) is 5.46. The summed E-state index contributed by atoms with van der Waals surface area (Å²) in [7, 11) is -1.45. The van der Waals surface area contributed by atoms with E-state index in [0.717, 1.165) is 32.2 Å². The van der Waals surface area contributed by atoms with Crippen molar-refractivity contribution < 1.29 is 8.42 Å². The summed E-state index contributed by atoms with van der Waals surface area (Å²) in [5, 5.41) is 0. The lowest BCUT2D eigenvalue weighted by molar-refractivity contribution is 0.120. The minimum atomic E-state index is -3.28. The summed E-state index contributed by atoms with van der Waals surface area (Å²) in [6, 6.07) is 0.497. The molecule has 128 valence electrons. The van der Waals surface area contributed by atoms with Gasteiger partial charge in [-0.2, -0.15) is 17.0 Å². The maximum absolute atomic E-state index is 13.2. The normalized spacial score (nSPS) is 32.6. The topological polar surface area (TPSA) is 40.6 Å². The van der Waals surface area contributed by atoms with Gasteiger partial charge in [-0.15, -0.1) is 0 Å². The second kappa shape index (κ2) is 7.18. The van der Waals surface area contributed by atoms with Crippen LogP contribution in [0.1, 0.15) is 77.0 Å². The van der Waals surface area contributed by atoms with Crippen molar-refractivity contribution in [2.24, 2.45) is 5.92 Å². The summed E-state index contributed by atoms with van der Waals surface area (Å²) in [5.74, 6) is 0.611. The first-order valence-corrected chi connectivity index (χ1v) is 10.7. The minimum Gasteiger partial charge on any atom is -0.195 e. The van der Waals surface area contributed by atoms with E-state index in [0.29, 0.717) is 5.92 Å². The van der Waals surface area contributed by atoms with Crippen LogP contribution in [0.25, 0.3) is 0 Å². The molecular weight excluding hydrogens is 296 g/mol. The molecule has 3 fully saturated rings. The van der Waals surface area contributed by atoms with Gasteiger partial charge in [-0.05, 0) is 44.4 Å². The van der Waals surface area contributed by atoms with E-state index in [4.69, 9.17) is 0 Å². The van der Waals surface area contributed by atoms with Crippen LogP contribution >= 0.6 is 0 Å². The van der Waals surface area contributed by atoms with Crippen LogP contribution in [0.3, 0.4) is 0 Å². The third-order valence-corrected chi connectivity index (χ3v) is 8.26. The average Bonchev–Trinajstić information content (AvgIpc) is 2.82. The van der Waals surface area contributed by atoms with E-state index in [9.17, 15) is 8.42 Å². The van der Waals surface area contributed by atoms with Crippen LogP contribution in [0.4, 0.5) is 0 Å². The molecule has 0 bridgehead atoms. The molecule has 0 unspecified atom stereocenters. The van der Waals surface area contributed by atoms with Crippen LogP contribution in [0, 0.1) is 5.92 Å². The van der Waals surface area contributed by atoms with Crippen molar-refractivity contribution in [2.45, 2.75) is 89.1 Å². The van der Waals surface area contributed by atoms with Gasteiger partial charge in [0.2, 0.25) is 0 Å².